The first-order valence-electron chi connectivity index (χ1n) is 20.6. The maximum atomic E-state index is 16.2. The topological polar surface area (TPSA) is 63.2 Å². The van der Waals surface area contributed by atoms with E-state index < -0.39 is 15.1 Å². The summed E-state index contributed by atoms with van der Waals surface area (Å²) in [5.41, 5.74) is 4.85. The molecule has 0 N–H and O–H groups in total. The van der Waals surface area contributed by atoms with Crippen LogP contribution in [0.3, 0.4) is 0 Å². The smallest absolute Gasteiger partial charge is 0.497 e. The van der Waals surface area contributed by atoms with Crippen LogP contribution in [0.15, 0.2) is 194 Å². The molecule has 11 aromatic rings. The van der Waals surface area contributed by atoms with Crippen LogP contribution in [0.4, 0.5) is 0 Å². The highest BCUT2D eigenvalue weighted by molar-refractivity contribution is 7.50. The molecule has 0 fully saturated rings. The Morgan fingerprint density at radius 2 is 0.645 bits per heavy atom. The number of phosphoric acid groups is 1. The minimum atomic E-state index is -4.74. The van der Waals surface area contributed by atoms with Crippen molar-refractivity contribution >= 4 is 79.8 Å². The molecule has 0 saturated heterocycles. The highest BCUT2D eigenvalue weighted by atomic mass is 31.2. The second-order valence-corrected chi connectivity index (χ2v) is 17.3. The van der Waals surface area contributed by atoms with E-state index in [9.17, 15) is 0 Å². The summed E-state index contributed by atoms with van der Waals surface area (Å²) in [7, 11) is -6.16. The van der Waals surface area contributed by atoms with Crippen LogP contribution in [0.5, 0.6) is 23.0 Å². The number of hydrogen-bond donors (Lipinski definition) is 0. The Balaban J connectivity index is 1.20. The fraction of sp³-hybridized carbons (Fsp3) is 0. The van der Waals surface area contributed by atoms with Crippen molar-refractivity contribution in [1.82, 2.24) is 0 Å². The molecular weight excluding hydrogens is 786 g/mol. The molecule has 11 aromatic carbocycles. The van der Waals surface area contributed by atoms with Gasteiger partial charge in [-0.25, -0.2) is 9.01 Å². The molecule has 8 heteroatoms. The fourth-order valence-corrected chi connectivity index (χ4v) is 10.9. The van der Waals surface area contributed by atoms with E-state index >= 15 is 4.57 Å². The number of fused-ring (bicyclic) bond motifs is 12. The van der Waals surface area contributed by atoms with E-state index in [1.54, 1.807) is 12.1 Å². The third-order valence-electron chi connectivity index (χ3n) is 12.3. The summed E-state index contributed by atoms with van der Waals surface area (Å²) in [6.07, 6.45) is 0. The predicted molar refractivity (Wildman–Crippen MR) is 251 cm³/mol. The number of benzene rings is 11. The second-order valence-electron chi connectivity index (χ2n) is 15.8. The fourth-order valence-electron chi connectivity index (χ4n) is 9.63. The van der Waals surface area contributed by atoms with Crippen molar-refractivity contribution in [1.29, 1.82) is 0 Å². The molecule has 0 saturated carbocycles. The summed E-state index contributed by atoms with van der Waals surface area (Å²) in [6, 6.07) is 65.9. The summed E-state index contributed by atoms with van der Waals surface area (Å²) in [6.45, 7) is 0. The summed E-state index contributed by atoms with van der Waals surface area (Å²) in [5.74, 6) is 1.66. The Hall–Kier alpha value is -7.57. The van der Waals surface area contributed by atoms with Crippen molar-refractivity contribution < 1.29 is 27.4 Å². The van der Waals surface area contributed by atoms with Crippen LogP contribution in [-0.4, -0.2) is 7.32 Å². The highest BCUT2D eigenvalue weighted by Gasteiger charge is 2.49. The van der Waals surface area contributed by atoms with Gasteiger partial charge in [0, 0.05) is 33.4 Å². The van der Waals surface area contributed by atoms with Gasteiger partial charge in [-0.3, -0.25) is 0 Å². The number of phosphoric ester groups is 1. The van der Waals surface area contributed by atoms with Gasteiger partial charge in [0.25, 0.3) is 0 Å². The maximum Gasteiger partial charge on any atom is 0.798 e. The largest absolute Gasteiger partial charge is 0.798 e. The van der Waals surface area contributed by atoms with Gasteiger partial charge in [0.2, 0.25) is 0 Å². The molecule has 292 valence electrons. The molecule has 13 rings (SSSR count). The molecule has 2 heterocycles. The lowest BCUT2D eigenvalue weighted by molar-refractivity contribution is 0.259. The van der Waals surface area contributed by atoms with Crippen LogP contribution >= 0.6 is 7.82 Å². The van der Waals surface area contributed by atoms with E-state index in [-0.39, 0.29) is 0 Å². The van der Waals surface area contributed by atoms with E-state index in [1.165, 1.54) is 0 Å². The van der Waals surface area contributed by atoms with Gasteiger partial charge < -0.3 is 18.4 Å². The van der Waals surface area contributed by atoms with E-state index in [1.807, 2.05) is 60.7 Å². The van der Waals surface area contributed by atoms with Crippen LogP contribution in [-0.2, 0) is 9.01 Å². The molecular formula is C54H32BO6P. The normalized spacial score (nSPS) is 13.9. The average Bonchev–Trinajstić information content (AvgIpc) is 3.65. The highest BCUT2D eigenvalue weighted by Crippen LogP contribution is 2.65. The molecule has 0 aliphatic carbocycles. The van der Waals surface area contributed by atoms with E-state index in [2.05, 4.69) is 121 Å². The number of hydrogen-bond acceptors (Lipinski definition) is 6. The lowest BCUT2D eigenvalue weighted by Gasteiger charge is -2.22. The SMILES string of the molecule is O=P1(OB2Oc3ccccc3O2)Oc2c(-c3c4ccccc4cc4ccccc34)cc3ccccc3c2-c2c(c(-c3c4ccccc4cc4ccccc34)cc3ccccc23)O1. The lowest BCUT2D eigenvalue weighted by atomic mass is 9.83. The van der Waals surface area contributed by atoms with Gasteiger partial charge in [0.1, 0.15) is 23.0 Å². The van der Waals surface area contributed by atoms with Gasteiger partial charge in [-0.15, -0.1) is 0 Å². The van der Waals surface area contributed by atoms with Crippen LogP contribution in [0, 0.1) is 0 Å². The Morgan fingerprint density at radius 1 is 0.355 bits per heavy atom. The summed E-state index contributed by atoms with van der Waals surface area (Å²) >= 11 is 0. The van der Waals surface area contributed by atoms with Crippen LogP contribution in [0.1, 0.15) is 0 Å². The Bertz CT molecular complexity index is 3410. The molecule has 2 aliphatic heterocycles. The summed E-state index contributed by atoms with van der Waals surface area (Å²) < 4.78 is 48.9. The van der Waals surface area contributed by atoms with E-state index in [0.29, 0.717) is 23.0 Å². The number of rotatable bonds is 4. The lowest BCUT2D eigenvalue weighted by Crippen LogP contribution is -2.29. The molecule has 0 unspecified atom stereocenters. The first-order chi connectivity index (χ1) is 30.6. The monoisotopic (exact) mass is 818 g/mol. The van der Waals surface area contributed by atoms with E-state index in [0.717, 1.165) is 98.0 Å². The van der Waals surface area contributed by atoms with Gasteiger partial charge in [0.05, 0.1) is 0 Å². The molecule has 2 aliphatic rings. The standard InChI is InChI=1S/C54H32BO6P/c56-62(61-55-57-47-27-13-14-28-48(47)58-55)59-53-45(49-39-21-7-1-15-33(39)29-34-16-2-8-22-40(34)49)31-37-19-5-11-25-43(37)51(53)52-44-26-12-6-20-38(44)32-46(54(52)60-62)50-41-23-9-3-17-35(41)30-36-18-4-10-24-42(36)50/h1-32H. The third-order valence-corrected chi connectivity index (χ3v) is 13.5. The minimum absolute atomic E-state index is 0.368. The Morgan fingerprint density at radius 3 is 1.00 bits per heavy atom. The minimum Gasteiger partial charge on any atom is -0.497 e. The van der Waals surface area contributed by atoms with Crippen molar-refractivity contribution in [2.75, 3.05) is 0 Å². The van der Waals surface area contributed by atoms with E-state index in [4.69, 9.17) is 22.8 Å². The van der Waals surface area contributed by atoms with Crippen LogP contribution in [0.2, 0.25) is 0 Å². The van der Waals surface area contributed by atoms with Gasteiger partial charge in [-0.1, -0.05) is 158 Å². The first kappa shape index (κ1) is 35.2. The average molecular weight is 819 g/mol. The van der Waals surface area contributed by atoms with Gasteiger partial charge in [-0.2, -0.15) is 0 Å². The zero-order valence-electron chi connectivity index (χ0n) is 32.9. The molecule has 0 amide bonds. The van der Waals surface area contributed by atoms with Crippen molar-refractivity contribution in [3.05, 3.63) is 194 Å². The van der Waals surface area contributed by atoms with Crippen molar-refractivity contribution in [2.24, 2.45) is 0 Å². The molecule has 0 bridgehead atoms. The Labute approximate surface area is 356 Å². The van der Waals surface area contributed by atoms with Crippen LogP contribution in [0.25, 0.3) is 98.0 Å². The molecule has 0 atom stereocenters. The maximum absolute atomic E-state index is 16.2. The number of para-hydroxylation sites is 2. The van der Waals surface area contributed by atoms with Crippen molar-refractivity contribution in [2.45, 2.75) is 0 Å². The first-order valence-corrected chi connectivity index (χ1v) is 22.1. The van der Waals surface area contributed by atoms with Crippen LogP contribution < -0.4 is 18.4 Å². The molecule has 0 radical (unpaired) electrons. The van der Waals surface area contributed by atoms with Crippen molar-refractivity contribution in [3.63, 3.8) is 0 Å². The van der Waals surface area contributed by atoms with Gasteiger partial charge in [-0.05, 0) is 101 Å². The molecule has 62 heavy (non-hydrogen) atoms. The quantitative estimate of drug-likeness (QED) is 0.100. The third kappa shape index (κ3) is 5.39. The van der Waals surface area contributed by atoms with Crippen molar-refractivity contribution in [3.8, 4) is 56.4 Å². The molecule has 0 aromatic heterocycles. The molecule has 6 nitrogen and oxygen atoms in total. The summed E-state index contributed by atoms with van der Waals surface area (Å²) in [5, 5.41) is 12.1. The predicted octanol–water partition coefficient (Wildman–Crippen LogP) is 15.0. The van der Waals surface area contributed by atoms with Gasteiger partial charge in [0.15, 0.2) is 0 Å². The summed E-state index contributed by atoms with van der Waals surface area (Å²) in [4.78, 5) is 0. The Kier molecular flexibility index (Phi) is 7.65. The molecule has 0 spiro atoms. The zero-order chi connectivity index (χ0) is 40.9. The second kappa shape index (κ2) is 13.5. The zero-order valence-corrected chi connectivity index (χ0v) is 33.8. The van der Waals surface area contributed by atoms with Gasteiger partial charge >= 0.3 is 15.1 Å².